The Morgan fingerprint density at radius 3 is 3.00 bits per heavy atom. The van der Waals surface area contributed by atoms with Gasteiger partial charge in [0.25, 0.3) is 0 Å². The Labute approximate surface area is 96.4 Å². The summed E-state index contributed by atoms with van der Waals surface area (Å²) < 4.78 is 3.20. The van der Waals surface area contributed by atoms with E-state index in [1.807, 2.05) is 12.1 Å². The number of rotatable bonds is 2. The van der Waals surface area contributed by atoms with Crippen LogP contribution in [0.25, 0.3) is 11.0 Å². The van der Waals surface area contributed by atoms with Crippen LogP contribution in [0.3, 0.4) is 0 Å². The summed E-state index contributed by atoms with van der Waals surface area (Å²) in [5.74, 6) is 1.44. The lowest BCUT2D eigenvalue weighted by Gasteiger charge is -2.04. The van der Waals surface area contributed by atoms with Crippen LogP contribution >= 0.6 is 15.9 Å². The van der Waals surface area contributed by atoms with Crippen molar-refractivity contribution in [2.75, 3.05) is 5.73 Å². The normalized spacial score (nSPS) is 16.1. The summed E-state index contributed by atoms with van der Waals surface area (Å²) in [7, 11) is 0. The summed E-state index contributed by atoms with van der Waals surface area (Å²) in [5, 5.41) is 0. The second kappa shape index (κ2) is 3.23. The molecule has 15 heavy (non-hydrogen) atoms. The molecule has 1 aromatic carbocycles. The number of fused-ring (bicyclic) bond motifs is 1. The molecule has 1 heterocycles. The number of imidazole rings is 1. The average Bonchev–Trinajstić information content (AvgIpc) is 2.96. The molecule has 2 aromatic rings. The summed E-state index contributed by atoms with van der Waals surface area (Å²) in [6, 6.07) is 6.08. The van der Waals surface area contributed by atoms with Gasteiger partial charge in [-0.3, -0.25) is 0 Å². The van der Waals surface area contributed by atoms with Crippen molar-refractivity contribution >= 4 is 32.9 Å². The van der Waals surface area contributed by atoms with Gasteiger partial charge in [-0.05, 0) is 37.0 Å². The first kappa shape index (κ1) is 9.21. The molecule has 0 spiro atoms. The molecule has 0 radical (unpaired) electrons. The zero-order chi connectivity index (χ0) is 10.4. The monoisotopic (exact) mass is 265 g/mol. The van der Waals surface area contributed by atoms with Crippen LogP contribution in [0, 0.1) is 5.92 Å². The Kier molecular flexibility index (Phi) is 1.99. The van der Waals surface area contributed by atoms with Crippen molar-refractivity contribution in [1.82, 2.24) is 9.55 Å². The molecule has 0 unspecified atom stereocenters. The average molecular weight is 266 g/mol. The van der Waals surface area contributed by atoms with Crippen LogP contribution in [0.1, 0.15) is 12.8 Å². The van der Waals surface area contributed by atoms with E-state index in [1.165, 1.54) is 12.8 Å². The van der Waals surface area contributed by atoms with Crippen molar-refractivity contribution in [3.63, 3.8) is 0 Å². The highest BCUT2D eigenvalue weighted by molar-refractivity contribution is 9.10. The van der Waals surface area contributed by atoms with Crippen molar-refractivity contribution in [1.29, 1.82) is 0 Å². The van der Waals surface area contributed by atoms with Gasteiger partial charge in [-0.2, -0.15) is 0 Å². The van der Waals surface area contributed by atoms with E-state index < -0.39 is 0 Å². The van der Waals surface area contributed by atoms with E-state index in [1.54, 1.807) is 0 Å². The molecule has 0 aliphatic heterocycles. The fraction of sp³-hybridized carbons (Fsp3) is 0.364. The molecular formula is C11H12BrN3. The highest BCUT2D eigenvalue weighted by atomic mass is 79.9. The Hall–Kier alpha value is -1.03. The van der Waals surface area contributed by atoms with Crippen LogP contribution in [0.5, 0.6) is 0 Å². The number of nitrogens with two attached hydrogens (primary N) is 1. The smallest absolute Gasteiger partial charge is 0.201 e. The van der Waals surface area contributed by atoms with Gasteiger partial charge in [0, 0.05) is 11.0 Å². The lowest BCUT2D eigenvalue weighted by Crippen LogP contribution is -2.04. The van der Waals surface area contributed by atoms with Gasteiger partial charge in [-0.1, -0.05) is 15.9 Å². The molecule has 1 saturated carbocycles. The van der Waals surface area contributed by atoms with Crippen molar-refractivity contribution in [3.05, 3.63) is 22.7 Å². The molecule has 0 saturated heterocycles. The molecule has 3 nitrogen and oxygen atoms in total. The van der Waals surface area contributed by atoms with E-state index in [0.717, 1.165) is 28.0 Å². The molecule has 1 fully saturated rings. The molecule has 0 amide bonds. The van der Waals surface area contributed by atoms with E-state index in [-0.39, 0.29) is 0 Å². The van der Waals surface area contributed by atoms with Gasteiger partial charge in [0.05, 0.1) is 11.0 Å². The minimum atomic E-state index is 0.634. The Bertz CT molecular complexity index is 514. The van der Waals surface area contributed by atoms with Crippen molar-refractivity contribution in [3.8, 4) is 0 Å². The predicted octanol–water partition coefficient (Wildman–Crippen LogP) is 2.79. The summed E-state index contributed by atoms with van der Waals surface area (Å²) >= 11 is 3.48. The molecule has 0 atom stereocenters. The van der Waals surface area contributed by atoms with Gasteiger partial charge in [0.2, 0.25) is 5.95 Å². The summed E-state index contributed by atoms with van der Waals surface area (Å²) in [4.78, 5) is 4.35. The van der Waals surface area contributed by atoms with Gasteiger partial charge >= 0.3 is 0 Å². The Morgan fingerprint density at radius 1 is 1.47 bits per heavy atom. The number of nitrogen functional groups attached to an aromatic ring is 1. The molecule has 3 rings (SSSR count). The van der Waals surface area contributed by atoms with Crippen molar-refractivity contribution in [2.45, 2.75) is 19.4 Å². The molecule has 78 valence electrons. The molecule has 1 aromatic heterocycles. The topological polar surface area (TPSA) is 43.8 Å². The highest BCUT2D eigenvalue weighted by Crippen LogP contribution is 2.33. The number of benzene rings is 1. The maximum absolute atomic E-state index is 5.92. The second-order valence-corrected chi connectivity index (χ2v) is 5.07. The molecule has 0 bridgehead atoms. The zero-order valence-corrected chi connectivity index (χ0v) is 9.87. The van der Waals surface area contributed by atoms with Gasteiger partial charge in [0.1, 0.15) is 0 Å². The third kappa shape index (κ3) is 1.63. The van der Waals surface area contributed by atoms with Gasteiger partial charge < -0.3 is 10.3 Å². The van der Waals surface area contributed by atoms with E-state index in [9.17, 15) is 0 Å². The highest BCUT2D eigenvalue weighted by Gasteiger charge is 2.23. The molecule has 1 aliphatic rings. The summed E-state index contributed by atoms with van der Waals surface area (Å²) in [6.45, 7) is 1.01. The SMILES string of the molecule is Nc1nc2ccc(Br)cc2n1CC1CC1. The van der Waals surface area contributed by atoms with E-state index >= 15 is 0 Å². The quantitative estimate of drug-likeness (QED) is 0.908. The third-order valence-corrected chi connectivity index (χ3v) is 3.37. The third-order valence-electron chi connectivity index (χ3n) is 2.88. The predicted molar refractivity (Wildman–Crippen MR) is 64.6 cm³/mol. The number of aromatic nitrogens is 2. The standard InChI is InChI=1S/C11H12BrN3/c12-8-3-4-9-10(5-8)15(11(13)14-9)6-7-1-2-7/h3-5,7H,1-2,6H2,(H2,13,14). The molecule has 4 heteroatoms. The number of anilines is 1. The van der Waals surface area contributed by atoms with E-state index in [2.05, 4.69) is 31.5 Å². The maximum Gasteiger partial charge on any atom is 0.201 e. The van der Waals surface area contributed by atoms with Crippen LogP contribution in [0.2, 0.25) is 0 Å². The second-order valence-electron chi connectivity index (χ2n) is 4.16. The van der Waals surface area contributed by atoms with Crippen molar-refractivity contribution in [2.24, 2.45) is 5.92 Å². The fourth-order valence-electron chi connectivity index (χ4n) is 1.86. The van der Waals surface area contributed by atoms with Crippen molar-refractivity contribution < 1.29 is 0 Å². The molecule has 2 N–H and O–H groups in total. The van der Waals surface area contributed by atoms with Crippen LogP contribution in [0.4, 0.5) is 5.95 Å². The van der Waals surface area contributed by atoms with Crippen LogP contribution in [-0.2, 0) is 6.54 Å². The van der Waals surface area contributed by atoms with Crippen LogP contribution < -0.4 is 5.73 Å². The lowest BCUT2D eigenvalue weighted by molar-refractivity contribution is 0.650. The van der Waals surface area contributed by atoms with Gasteiger partial charge in [-0.15, -0.1) is 0 Å². The first-order chi connectivity index (χ1) is 7.24. The number of nitrogens with zero attached hydrogens (tertiary/aromatic N) is 2. The largest absolute Gasteiger partial charge is 0.369 e. The number of halogens is 1. The zero-order valence-electron chi connectivity index (χ0n) is 8.28. The first-order valence-corrected chi connectivity index (χ1v) is 5.94. The minimum absolute atomic E-state index is 0.634. The van der Waals surface area contributed by atoms with Crippen LogP contribution in [0.15, 0.2) is 22.7 Å². The first-order valence-electron chi connectivity index (χ1n) is 5.15. The summed E-state index contributed by atoms with van der Waals surface area (Å²) in [6.07, 6.45) is 2.65. The molecular weight excluding hydrogens is 254 g/mol. The number of hydrogen-bond donors (Lipinski definition) is 1. The van der Waals surface area contributed by atoms with Gasteiger partial charge in [0.15, 0.2) is 0 Å². The van der Waals surface area contributed by atoms with Gasteiger partial charge in [-0.25, -0.2) is 4.98 Å². The molecule has 1 aliphatic carbocycles. The summed E-state index contributed by atoms with van der Waals surface area (Å²) in [5.41, 5.74) is 8.03. The Morgan fingerprint density at radius 2 is 2.27 bits per heavy atom. The lowest BCUT2D eigenvalue weighted by atomic mass is 10.3. The maximum atomic E-state index is 5.92. The Balaban J connectivity index is 2.15. The minimum Gasteiger partial charge on any atom is -0.369 e. The van der Waals surface area contributed by atoms with E-state index in [0.29, 0.717) is 5.95 Å². The number of hydrogen-bond acceptors (Lipinski definition) is 2. The fourth-order valence-corrected chi connectivity index (χ4v) is 2.21. The van der Waals surface area contributed by atoms with Crippen LogP contribution in [-0.4, -0.2) is 9.55 Å². The van der Waals surface area contributed by atoms with E-state index in [4.69, 9.17) is 5.73 Å².